The standard InChI is InChI=1S/C62H45N5/c1-38-32-39(2)35-47(34-38)61-64-60(65-62(66-61)48-36-40(3)33-41(4)37-48)46-28-24-43(25-29-46)42-22-26-44(27-23-42)50-19-13-20-52-51-30-31-55-56(57(51)58(63-59(50)52)45-14-7-5-8-15-45)53-18-11-12-21-54(53)67(55)49-16-9-6-10-17-49/h5-37H,1-4H3. The molecule has 3 aromatic heterocycles. The fourth-order valence-electron chi connectivity index (χ4n) is 10.1. The maximum Gasteiger partial charge on any atom is 0.164 e. The van der Waals surface area contributed by atoms with Gasteiger partial charge in [-0.05, 0) is 98.3 Å². The zero-order chi connectivity index (χ0) is 45.2. The molecule has 0 spiro atoms. The highest BCUT2D eigenvalue weighted by Crippen LogP contribution is 2.44. The minimum absolute atomic E-state index is 0.647. The highest BCUT2D eigenvalue weighted by atomic mass is 15.0. The molecule has 9 aromatic carbocycles. The highest BCUT2D eigenvalue weighted by molar-refractivity contribution is 6.29. The topological polar surface area (TPSA) is 56.5 Å². The van der Waals surface area contributed by atoms with Crippen LogP contribution in [0.15, 0.2) is 200 Å². The average Bonchev–Trinajstić information content (AvgIpc) is 3.70. The number of para-hydroxylation sites is 3. The minimum atomic E-state index is 0.647. The molecule has 0 aliphatic heterocycles. The van der Waals surface area contributed by atoms with Crippen LogP contribution in [0.4, 0.5) is 0 Å². The highest BCUT2D eigenvalue weighted by Gasteiger charge is 2.21. The van der Waals surface area contributed by atoms with Crippen LogP contribution < -0.4 is 0 Å². The summed E-state index contributed by atoms with van der Waals surface area (Å²) in [5.41, 5.74) is 18.6. The molecule has 12 rings (SSSR count). The molecular weight excluding hydrogens is 815 g/mol. The van der Waals surface area contributed by atoms with Gasteiger partial charge in [0.15, 0.2) is 17.5 Å². The van der Waals surface area contributed by atoms with Gasteiger partial charge in [-0.1, -0.05) is 174 Å². The molecule has 12 aromatic rings. The molecule has 0 atom stereocenters. The third-order valence-electron chi connectivity index (χ3n) is 13.0. The van der Waals surface area contributed by atoms with Crippen LogP contribution >= 0.6 is 0 Å². The van der Waals surface area contributed by atoms with Crippen molar-refractivity contribution < 1.29 is 0 Å². The maximum absolute atomic E-state index is 5.65. The number of aromatic nitrogens is 5. The van der Waals surface area contributed by atoms with E-state index >= 15 is 0 Å². The Balaban J connectivity index is 0.946. The van der Waals surface area contributed by atoms with Crippen LogP contribution in [0, 0.1) is 27.7 Å². The smallest absolute Gasteiger partial charge is 0.164 e. The number of hydrogen-bond donors (Lipinski definition) is 0. The van der Waals surface area contributed by atoms with E-state index in [0.29, 0.717) is 17.5 Å². The van der Waals surface area contributed by atoms with Crippen LogP contribution in [0.5, 0.6) is 0 Å². The molecule has 67 heavy (non-hydrogen) atoms. The third-order valence-corrected chi connectivity index (χ3v) is 13.0. The SMILES string of the molecule is Cc1cc(C)cc(-c2nc(-c3ccc(-c4ccc(-c5cccc6c5nc(-c5ccccc5)c5c6ccc6c5c5ccccc5n6-c5ccccc5)cc4)cc3)nc(-c3cc(C)cc(C)c3)n2)c1. The number of pyridine rings is 1. The summed E-state index contributed by atoms with van der Waals surface area (Å²) in [6.45, 7) is 8.45. The zero-order valence-electron chi connectivity index (χ0n) is 37.8. The second kappa shape index (κ2) is 16.2. The van der Waals surface area contributed by atoms with Crippen molar-refractivity contribution in [3.8, 4) is 73.4 Å². The Labute approximate surface area is 389 Å². The molecule has 0 N–H and O–H groups in total. The Kier molecular flexibility index (Phi) is 9.65. The van der Waals surface area contributed by atoms with Gasteiger partial charge in [0.1, 0.15) is 0 Å². The van der Waals surface area contributed by atoms with E-state index in [-0.39, 0.29) is 0 Å². The van der Waals surface area contributed by atoms with E-state index < -0.39 is 0 Å². The Bertz CT molecular complexity index is 3760. The molecule has 5 heteroatoms. The lowest BCUT2D eigenvalue weighted by Crippen LogP contribution is -2.01. The van der Waals surface area contributed by atoms with Gasteiger partial charge >= 0.3 is 0 Å². The molecule has 0 unspecified atom stereocenters. The first-order chi connectivity index (χ1) is 32.8. The molecule has 0 amide bonds. The molecule has 318 valence electrons. The summed E-state index contributed by atoms with van der Waals surface area (Å²) in [5, 5.41) is 5.90. The van der Waals surface area contributed by atoms with Gasteiger partial charge in [-0.2, -0.15) is 0 Å². The molecule has 0 saturated carbocycles. The predicted octanol–water partition coefficient (Wildman–Crippen LogP) is 15.9. The molecule has 0 aliphatic carbocycles. The number of nitrogens with zero attached hydrogens (tertiary/aromatic N) is 5. The van der Waals surface area contributed by atoms with Gasteiger partial charge in [-0.3, -0.25) is 0 Å². The molecule has 0 bridgehead atoms. The molecule has 0 aliphatic rings. The number of aryl methyl sites for hydroxylation is 4. The second-order valence-electron chi connectivity index (χ2n) is 17.8. The van der Waals surface area contributed by atoms with Gasteiger partial charge in [0.2, 0.25) is 0 Å². The summed E-state index contributed by atoms with van der Waals surface area (Å²) in [4.78, 5) is 20.8. The van der Waals surface area contributed by atoms with Crippen molar-refractivity contribution >= 4 is 43.5 Å². The Morgan fingerprint density at radius 3 is 1.43 bits per heavy atom. The van der Waals surface area contributed by atoms with Crippen molar-refractivity contribution in [2.24, 2.45) is 0 Å². The number of hydrogen-bond acceptors (Lipinski definition) is 4. The van der Waals surface area contributed by atoms with Crippen molar-refractivity contribution in [1.82, 2.24) is 24.5 Å². The predicted molar refractivity (Wildman–Crippen MR) is 279 cm³/mol. The number of benzene rings is 9. The minimum Gasteiger partial charge on any atom is -0.309 e. The Hall–Kier alpha value is -8.54. The van der Waals surface area contributed by atoms with Crippen molar-refractivity contribution in [3.63, 3.8) is 0 Å². The molecule has 0 fully saturated rings. The zero-order valence-corrected chi connectivity index (χ0v) is 37.8. The molecule has 3 heterocycles. The van der Waals surface area contributed by atoms with Gasteiger partial charge in [-0.25, -0.2) is 19.9 Å². The van der Waals surface area contributed by atoms with Crippen LogP contribution in [0.25, 0.3) is 117 Å². The Morgan fingerprint density at radius 2 is 0.821 bits per heavy atom. The molecule has 0 saturated heterocycles. The van der Waals surface area contributed by atoms with Crippen LogP contribution in [-0.4, -0.2) is 24.5 Å². The van der Waals surface area contributed by atoms with Crippen molar-refractivity contribution in [2.45, 2.75) is 27.7 Å². The molecule has 0 radical (unpaired) electrons. The molecule has 5 nitrogen and oxygen atoms in total. The van der Waals surface area contributed by atoms with Crippen molar-refractivity contribution in [2.75, 3.05) is 0 Å². The van der Waals surface area contributed by atoms with Gasteiger partial charge in [0.05, 0.1) is 22.2 Å². The summed E-state index contributed by atoms with van der Waals surface area (Å²) < 4.78 is 2.38. The summed E-state index contributed by atoms with van der Waals surface area (Å²) >= 11 is 0. The summed E-state index contributed by atoms with van der Waals surface area (Å²) in [6.07, 6.45) is 0. The fourth-order valence-corrected chi connectivity index (χ4v) is 10.1. The lowest BCUT2D eigenvalue weighted by Gasteiger charge is -2.15. The second-order valence-corrected chi connectivity index (χ2v) is 17.8. The van der Waals surface area contributed by atoms with E-state index in [9.17, 15) is 0 Å². The fraction of sp³-hybridized carbons (Fsp3) is 0.0645. The monoisotopic (exact) mass is 859 g/mol. The normalized spacial score (nSPS) is 11.6. The quantitative estimate of drug-likeness (QED) is 0.150. The average molecular weight is 860 g/mol. The van der Waals surface area contributed by atoms with E-state index in [0.717, 1.165) is 77.7 Å². The van der Waals surface area contributed by atoms with Crippen LogP contribution in [0.3, 0.4) is 0 Å². The van der Waals surface area contributed by atoms with E-state index in [1.54, 1.807) is 0 Å². The maximum atomic E-state index is 5.65. The van der Waals surface area contributed by atoms with Crippen LogP contribution in [-0.2, 0) is 0 Å². The lowest BCUT2D eigenvalue weighted by atomic mass is 9.93. The largest absolute Gasteiger partial charge is 0.309 e. The number of fused-ring (bicyclic) bond motifs is 7. The third kappa shape index (κ3) is 7.13. The lowest BCUT2D eigenvalue weighted by molar-refractivity contribution is 1.07. The first-order valence-corrected chi connectivity index (χ1v) is 22.9. The van der Waals surface area contributed by atoms with Crippen molar-refractivity contribution in [1.29, 1.82) is 0 Å². The van der Waals surface area contributed by atoms with Crippen molar-refractivity contribution in [3.05, 3.63) is 222 Å². The van der Waals surface area contributed by atoms with E-state index in [1.807, 2.05) is 0 Å². The van der Waals surface area contributed by atoms with Crippen LogP contribution in [0.2, 0.25) is 0 Å². The van der Waals surface area contributed by atoms with Gasteiger partial charge in [0, 0.05) is 55.0 Å². The summed E-state index contributed by atoms with van der Waals surface area (Å²) in [7, 11) is 0. The van der Waals surface area contributed by atoms with Gasteiger partial charge in [0.25, 0.3) is 0 Å². The van der Waals surface area contributed by atoms with Gasteiger partial charge < -0.3 is 4.57 Å². The summed E-state index contributed by atoms with van der Waals surface area (Å²) in [5.74, 6) is 1.98. The van der Waals surface area contributed by atoms with E-state index in [4.69, 9.17) is 19.9 Å². The van der Waals surface area contributed by atoms with E-state index in [2.05, 4.69) is 232 Å². The first-order valence-electron chi connectivity index (χ1n) is 22.9. The molecular formula is C62H45N5. The Morgan fingerprint density at radius 1 is 0.313 bits per heavy atom. The summed E-state index contributed by atoms with van der Waals surface area (Å²) in [6, 6.07) is 71.6. The van der Waals surface area contributed by atoms with E-state index in [1.165, 1.54) is 43.9 Å². The number of rotatable bonds is 7. The van der Waals surface area contributed by atoms with Gasteiger partial charge in [-0.15, -0.1) is 0 Å². The van der Waals surface area contributed by atoms with Crippen LogP contribution in [0.1, 0.15) is 22.3 Å². The first kappa shape index (κ1) is 40.0.